The minimum absolute atomic E-state index is 0.161. The van der Waals surface area contributed by atoms with Crippen LogP contribution < -0.4 is 10.2 Å². The molecule has 0 saturated carbocycles. The third-order valence-electron chi connectivity index (χ3n) is 4.03. The van der Waals surface area contributed by atoms with Gasteiger partial charge in [-0.25, -0.2) is 13.6 Å². The van der Waals surface area contributed by atoms with E-state index in [1.807, 2.05) is 24.3 Å². The van der Waals surface area contributed by atoms with E-state index in [4.69, 9.17) is 0 Å². The summed E-state index contributed by atoms with van der Waals surface area (Å²) in [6, 6.07) is 11.3. The standard InChI is InChI=1S/C18H18F2N2O/c19-15-9-8-13(11-16(15)20)12-21-18(23)22-10-4-3-6-14-5-1-2-7-17(14)22/h1-2,5,7-9,11H,3-4,6,10,12H2,(H,21,23). The highest BCUT2D eigenvalue weighted by molar-refractivity contribution is 5.92. The molecular weight excluding hydrogens is 298 g/mol. The average Bonchev–Trinajstić information content (AvgIpc) is 2.78. The minimum Gasteiger partial charge on any atom is -0.334 e. The van der Waals surface area contributed by atoms with Crippen molar-refractivity contribution in [3.63, 3.8) is 0 Å². The molecule has 23 heavy (non-hydrogen) atoms. The lowest BCUT2D eigenvalue weighted by Crippen LogP contribution is -2.40. The first-order valence-electron chi connectivity index (χ1n) is 7.72. The lowest BCUT2D eigenvalue weighted by atomic mass is 10.1. The molecular formula is C18H18F2N2O. The molecule has 3 rings (SSSR count). The van der Waals surface area contributed by atoms with Crippen LogP contribution in [-0.4, -0.2) is 12.6 Å². The summed E-state index contributed by atoms with van der Waals surface area (Å²) in [5.74, 6) is -1.79. The van der Waals surface area contributed by atoms with Crippen molar-refractivity contribution < 1.29 is 13.6 Å². The molecule has 1 N–H and O–H groups in total. The predicted molar refractivity (Wildman–Crippen MR) is 85.3 cm³/mol. The number of nitrogens with one attached hydrogen (secondary N) is 1. The number of halogens is 2. The molecule has 2 aromatic rings. The Kier molecular flexibility index (Phi) is 4.55. The third kappa shape index (κ3) is 3.50. The largest absolute Gasteiger partial charge is 0.334 e. The number of urea groups is 1. The SMILES string of the molecule is O=C(NCc1ccc(F)c(F)c1)N1CCCCc2ccccc21. The first-order chi connectivity index (χ1) is 11.1. The monoisotopic (exact) mass is 316 g/mol. The number of hydrogen-bond acceptors (Lipinski definition) is 1. The fourth-order valence-electron chi connectivity index (χ4n) is 2.83. The van der Waals surface area contributed by atoms with Crippen molar-refractivity contribution in [2.45, 2.75) is 25.8 Å². The zero-order chi connectivity index (χ0) is 16.2. The van der Waals surface area contributed by atoms with Crippen molar-refractivity contribution in [1.29, 1.82) is 0 Å². The fraction of sp³-hybridized carbons (Fsp3) is 0.278. The summed E-state index contributed by atoms with van der Waals surface area (Å²) in [5.41, 5.74) is 2.61. The molecule has 0 atom stereocenters. The van der Waals surface area contributed by atoms with E-state index in [0.29, 0.717) is 12.1 Å². The van der Waals surface area contributed by atoms with E-state index in [1.165, 1.54) is 6.07 Å². The molecule has 120 valence electrons. The summed E-state index contributed by atoms with van der Waals surface area (Å²) in [6.45, 7) is 0.815. The Labute approximate surface area is 133 Å². The summed E-state index contributed by atoms with van der Waals surface area (Å²) in [5, 5.41) is 2.78. The molecule has 0 unspecified atom stereocenters. The molecule has 5 heteroatoms. The van der Waals surface area contributed by atoms with Crippen molar-refractivity contribution in [2.75, 3.05) is 11.4 Å². The lowest BCUT2D eigenvalue weighted by Gasteiger charge is -2.23. The molecule has 1 aliphatic heterocycles. The van der Waals surface area contributed by atoms with Gasteiger partial charge in [-0.1, -0.05) is 24.3 Å². The second-order valence-electron chi connectivity index (χ2n) is 5.64. The summed E-state index contributed by atoms with van der Waals surface area (Å²) in [6.07, 6.45) is 2.94. The summed E-state index contributed by atoms with van der Waals surface area (Å²) in [4.78, 5) is 14.2. The molecule has 0 aliphatic carbocycles. The van der Waals surface area contributed by atoms with Gasteiger partial charge in [0.15, 0.2) is 11.6 Å². The number of carbonyl (C=O) groups excluding carboxylic acids is 1. The van der Waals surface area contributed by atoms with Crippen molar-refractivity contribution in [2.24, 2.45) is 0 Å². The summed E-state index contributed by atoms with van der Waals surface area (Å²) < 4.78 is 26.1. The first-order valence-corrected chi connectivity index (χ1v) is 7.72. The number of rotatable bonds is 2. The Hall–Kier alpha value is -2.43. The molecule has 0 aromatic heterocycles. The highest BCUT2D eigenvalue weighted by Gasteiger charge is 2.20. The number of carbonyl (C=O) groups is 1. The van der Waals surface area contributed by atoms with Crippen molar-refractivity contribution in [3.8, 4) is 0 Å². The Morgan fingerprint density at radius 3 is 2.74 bits per heavy atom. The molecule has 2 aromatic carbocycles. The van der Waals surface area contributed by atoms with Gasteiger partial charge in [0, 0.05) is 18.8 Å². The van der Waals surface area contributed by atoms with Gasteiger partial charge < -0.3 is 5.32 Å². The van der Waals surface area contributed by atoms with Gasteiger partial charge in [0.05, 0.1) is 0 Å². The van der Waals surface area contributed by atoms with E-state index in [1.54, 1.807) is 4.90 Å². The molecule has 1 aliphatic rings. The first kappa shape index (κ1) is 15.5. The topological polar surface area (TPSA) is 32.3 Å². The number of benzene rings is 2. The summed E-state index contributed by atoms with van der Waals surface area (Å²) in [7, 11) is 0. The van der Waals surface area contributed by atoms with Crippen molar-refractivity contribution in [1.82, 2.24) is 5.32 Å². The van der Waals surface area contributed by atoms with Crippen molar-refractivity contribution >= 4 is 11.7 Å². The number of hydrogen-bond donors (Lipinski definition) is 1. The maximum absolute atomic E-state index is 13.2. The molecule has 0 radical (unpaired) electrons. The molecule has 0 spiro atoms. The van der Waals surface area contributed by atoms with Crippen LogP contribution in [-0.2, 0) is 13.0 Å². The highest BCUT2D eigenvalue weighted by atomic mass is 19.2. The Morgan fingerprint density at radius 1 is 1.09 bits per heavy atom. The van der Waals surface area contributed by atoms with E-state index < -0.39 is 11.6 Å². The molecule has 0 bridgehead atoms. The van der Waals surface area contributed by atoms with Gasteiger partial charge in [0.1, 0.15) is 0 Å². The van der Waals surface area contributed by atoms with Crippen LogP contribution in [0.1, 0.15) is 24.0 Å². The minimum atomic E-state index is -0.906. The second-order valence-corrected chi connectivity index (χ2v) is 5.64. The zero-order valence-electron chi connectivity index (χ0n) is 12.7. The maximum Gasteiger partial charge on any atom is 0.322 e. The van der Waals surface area contributed by atoms with Crippen LogP contribution in [0.15, 0.2) is 42.5 Å². The van der Waals surface area contributed by atoms with Crippen molar-refractivity contribution in [3.05, 3.63) is 65.2 Å². The Balaban J connectivity index is 1.71. The van der Waals surface area contributed by atoms with E-state index in [9.17, 15) is 13.6 Å². The second kappa shape index (κ2) is 6.77. The van der Waals surface area contributed by atoms with Crippen LogP contribution >= 0.6 is 0 Å². The van der Waals surface area contributed by atoms with E-state index in [2.05, 4.69) is 5.32 Å². The lowest BCUT2D eigenvalue weighted by molar-refractivity contribution is 0.246. The van der Waals surface area contributed by atoms with E-state index >= 15 is 0 Å². The van der Waals surface area contributed by atoms with Gasteiger partial charge in [-0.15, -0.1) is 0 Å². The van der Waals surface area contributed by atoms with Gasteiger partial charge in [-0.2, -0.15) is 0 Å². The predicted octanol–water partition coefficient (Wildman–Crippen LogP) is 4.02. The summed E-state index contributed by atoms with van der Waals surface area (Å²) >= 11 is 0. The van der Waals surface area contributed by atoms with Gasteiger partial charge in [-0.05, 0) is 48.6 Å². The number of amides is 2. The normalized spacial score (nSPS) is 14.1. The van der Waals surface area contributed by atoms with E-state index in [-0.39, 0.29) is 12.6 Å². The molecule has 0 saturated heterocycles. The number of fused-ring (bicyclic) bond motifs is 1. The number of anilines is 1. The highest BCUT2D eigenvalue weighted by Crippen LogP contribution is 2.26. The number of aryl methyl sites for hydroxylation is 1. The molecule has 1 heterocycles. The zero-order valence-corrected chi connectivity index (χ0v) is 12.7. The third-order valence-corrected chi connectivity index (χ3v) is 4.03. The smallest absolute Gasteiger partial charge is 0.322 e. The molecule has 3 nitrogen and oxygen atoms in total. The van der Waals surface area contributed by atoms with Crippen LogP contribution in [0, 0.1) is 11.6 Å². The van der Waals surface area contributed by atoms with Gasteiger partial charge in [0.25, 0.3) is 0 Å². The van der Waals surface area contributed by atoms with Crippen LogP contribution in [0.5, 0.6) is 0 Å². The van der Waals surface area contributed by atoms with E-state index in [0.717, 1.165) is 42.6 Å². The Morgan fingerprint density at radius 2 is 1.91 bits per heavy atom. The van der Waals surface area contributed by atoms with Crippen LogP contribution in [0.4, 0.5) is 19.3 Å². The average molecular weight is 316 g/mol. The number of para-hydroxylation sites is 1. The van der Waals surface area contributed by atoms with Gasteiger partial charge in [-0.3, -0.25) is 4.90 Å². The van der Waals surface area contributed by atoms with Gasteiger partial charge in [0.2, 0.25) is 0 Å². The molecule has 2 amide bonds. The molecule has 0 fully saturated rings. The van der Waals surface area contributed by atoms with Crippen LogP contribution in [0.3, 0.4) is 0 Å². The van der Waals surface area contributed by atoms with Crippen LogP contribution in [0.2, 0.25) is 0 Å². The fourth-order valence-corrected chi connectivity index (χ4v) is 2.83. The Bertz CT molecular complexity index is 718. The number of nitrogens with zero attached hydrogens (tertiary/aromatic N) is 1. The van der Waals surface area contributed by atoms with Crippen LogP contribution in [0.25, 0.3) is 0 Å². The quantitative estimate of drug-likeness (QED) is 0.892. The van der Waals surface area contributed by atoms with Gasteiger partial charge >= 0.3 is 6.03 Å². The maximum atomic E-state index is 13.2.